The Morgan fingerprint density at radius 3 is 0.651 bits per heavy atom. The van der Waals surface area contributed by atoms with Gasteiger partial charge in [0.2, 0.25) is 0 Å². The van der Waals surface area contributed by atoms with Crippen molar-refractivity contribution in [2.75, 3.05) is 39.6 Å². The van der Waals surface area contributed by atoms with Crippen molar-refractivity contribution in [3.8, 4) is 0 Å². The zero-order chi connectivity index (χ0) is 79.9. The van der Waals surface area contributed by atoms with Crippen molar-refractivity contribution in [1.29, 1.82) is 0 Å². The minimum Gasteiger partial charge on any atom is -0.462 e. The Bertz CT molecular complexity index is 2080. The second-order valence-electron chi connectivity index (χ2n) is 32.8. The third-order valence-corrected chi connectivity index (χ3v) is 23.8. The number of hydrogen-bond acceptors (Lipinski definition) is 15. The van der Waals surface area contributed by atoms with Crippen LogP contribution >= 0.6 is 15.6 Å². The van der Waals surface area contributed by atoms with Crippen LogP contribution in [0, 0.1) is 11.8 Å². The van der Waals surface area contributed by atoms with E-state index in [0.29, 0.717) is 25.7 Å². The van der Waals surface area contributed by atoms with Crippen LogP contribution in [0.1, 0.15) is 485 Å². The van der Waals surface area contributed by atoms with Crippen LogP contribution in [0.15, 0.2) is 0 Å². The van der Waals surface area contributed by atoms with Gasteiger partial charge >= 0.3 is 39.5 Å². The van der Waals surface area contributed by atoms with Gasteiger partial charge in [0, 0.05) is 25.7 Å². The number of carbonyl (C=O) groups excluding carboxylic acids is 4. The Morgan fingerprint density at radius 1 is 0.257 bits per heavy atom. The first-order chi connectivity index (χ1) is 52.9. The average molecular weight is 1590 g/mol. The van der Waals surface area contributed by atoms with Crippen LogP contribution in [-0.2, 0) is 65.4 Å². The Balaban J connectivity index is 5.22. The molecule has 0 spiro atoms. The lowest BCUT2D eigenvalue weighted by Crippen LogP contribution is -2.30. The molecule has 648 valence electrons. The fourth-order valence-electron chi connectivity index (χ4n) is 14.1. The number of rotatable bonds is 89. The number of phosphoric acid groups is 2. The SMILES string of the molecule is CCCCCCCCCCCCCCCCCCCCCCCCC(=O)OC[C@H](COP(=O)(O)OC[C@@H](O)COP(=O)(O)OC[C@@H](COC(=O)CCCCCCCCCCC(C)CC)OC(=O)CCCCCCCCCCCCCCC)OC(=O)CCCCCCCCCCCCCCCCCCCCC(C)CC. The van der Waals surface area contributed by atoms with E-state index < -0.39 is 97.5 Å². The van der Waals surface area contributed by atoms with Crippen molar-refractivity contribution in [1.82, 2.24) is 0 Å². The van der Waals surface area contributed by atoms with Crippen molar-refractivity contribution < 1.29 is 80.2 Å². The van der Waals surface area contributed by atoms with Gasteiger partial charge in [0.15, 0.2) is 12.2 Å². The molecule has 0 aliphatic rings. The fraction of sp³-hybridized carbons (Fsp3) is 0.956. The molecule has 4 unspecified atom stereocenters. The van der Waals surface area contributed by atoms with E-state index in [1.165, 1.54) is 302 Å². The molecule has 0 rings (SSSR count). The van der Waals surface area contributed by atoms with E-state index in [-0.39, 0.29) is 25.7 Å². The fourth-order valence-corrected chi connectivity index (χ4v) is 15.6. The maximum atomic E-state index is 13.2. The second kappa shape index (κ2) is 81.2. The van der Waals surface area contributed by atoms with Crippen molar-refractivity contribution in [2.24, 2.45) is 11.8 Å². The number of carbonyl (C=O) groups is 4. The predicted molar refractivity (Wildman–Crippen MR) is 451 cm³/mol. The zero-order valence-electron chi connectivity index (χ0n) is 71.9. The summed E-state index contributed by atoms with van der Waals surface area (Å²) in [7, 11) is -9.93. The number of ether oxygens (including phenoxy) is 4. The number of aliphatic hydroxyl groups excluding tert-OH is 1. The molecule has 3 N–H and O–H groups in total. The van der Waals surface area contributed by atoms with Gasteiger partial charge in [-0.25, -0.2) is 9.13 Å². The highest BCUT2D eigenvalue weighted by Crippen LogP contribution is 2.45. The van der Waals surface area contributed by atoms with E-state index >= 15 is 0 Å². The van der Waals surface area contributed by atoms with Gasteiger partial charge in [-0.3, -0.25) is 37.3 Å². The molecule has 0 heterocycles. The molecule has 109 heavy (non-hydrogen) atoms. The topological polar surface area (TPSA) is 237 Å². The van der Waals surface area contributed by atoms with E-state index in [1.54, 1.807) is 0 Å². The molecule has 17 nitrogen and oxygen atoms in total. The third-order valence-electron chi connectivity index (χ3n) is 21.9. The van der Waals surface area contributed by atoms with Gasteiger partial charge in [0.25, 0.3) is 0 Å². The van der Waals surface area contributed by atoms with E-state index in [0.717, 1.165) is 102 Å². The van der Waals surface area contributed by atoms with Crippen molar-refractivity contribution in [3.05, 3.63) is 0 Å². The van der Waals surface area contributed by atoms with Gasteiger partial charge in [-0.1, -0.05) is 433 Å². The molecule has 0 aromatic carbocycles. The average Bonchev–Trinajstić information content (AvgIpc) is 0.900. The van der Waals surface area contributed by atoms with Crippen molar-refractivity contribution in [2.45, 2.75) is 503 Å². The largest absolute Gasteiger partial charge is 0.472 e. The van der Waals surface area contributed by atoms with E-state index in [2.05, 4.69) is 41.5 Å². The molecule has 0 aromatic heterocycles. The summed E-state index contributed by atoms with van der Waals surface area (Å²) >= 11 is 0. The highest BCUT2D eigenvalue weighted by molar-refractivity contribution is 7.47. The maximum absolute atomic E-state index is 13.2. The summed E-state index contributed by atoms with van der Waals surface area (Å²) in [4.78, 5) is 73.3. The molecule has 0 saturated carbocycles. The molecule has 0 aliphatic carbocycles. The maximum Gasteiger partial charge on any atom is 0.472 e. The first-order valence-corrected chi connectivity index (χ1v) is 49.6. The van der Waals surface area contributed by atoms with Gasteiger partial charge < -0.3 is 33.8 Å². The first kappa shape index (κ1) is 107. The zero-order valence-corrected chi connectivity index (χ0v) is 73.7. The van der Waals surface area contributed by atoms with Gasteiger partial charge in [0.1, 0.15) is 19.3 Å². The van der Waals surface area contributed by atoms with Gasteiger partial charge in [-0.05, 0) is 37.5 Å². The van der Waals surface area contributed by atoms with Gasteiger partial charge in [-0.15, -0.1) is 0 Å². The Morgan fingerprint density at radius 2 is 0.440 bits per heavy atom. The summed E-state index contributed by atoms with van der Waals surface area (Å²) in [6.45, 7) is 9.76. The molecule has 0 radical (unpaired) electrons. The summed E-state index contributed by atoms with van der Waals surface area (Å²) in [6, 6.07) is 0. The van der Waals surface area contributed by atoms with Crippen LogP contribution in [0.25, 0.3) is 0 Å². The Hall–Kier alpha value is -1.94. The summed E-state index contributed by atoms with van der Waals surface area (Å²) in [5.74, 6) is -0.449. The van der Waals surface area contributed by atoms with E-state index in [4.69, 9.17) is 37.0 Å². The summed E-state index contributed by atoms with van der Waals surface area (Å²) in [5.41, 5.74) is 0. The minimum absolute atomic E-state index is 0.108. The summed E-state index contributed by atoms with van der Waals surface area (Å²) < 4.78 is 69.0. The molecule has 0 aromatic rings. The standard InChI is InChI=1S/C90H176O17P2/c1-7-11-13-15-17-19-21-23-24-25-26-27-28-29-33-36-40-43-47-54-60-66-72-87(92)100-78-85(106-90(95)75-69-63-57-49-45-41-37-34-31-30-32-35-39-42-46-52-58-64-70-82(5)9-3)80-104-108(96,97)102-76-84(91)77-103-109(98,99)105-81-86(79-101-88(93)73-67-61-55-51-50-53-59-65-71-83(6)10-4)107-89(94)74-68-62-56-48-44-38-22-20-18-16-14-12-8-2/h82-86,91H,7-81H2,1-6H3,(H,96,97)(H,98,99)/t82?,83?,84-,85-,86-/m1/s1. The van der Waals surface area contributed by atoms with Crippen LogP contribution in [-0.4, -0.2) is 96.7 Å². The molecule has 0 amide bonds. The molecule has 0 saturated heterocycles. The summed E-state index contributed by atoms with van der Waals surface area (Å²) in [5, 5.41) is 10.7. The number of hydrogen-bond donors (Lipinski definition) is 3. The second-order valence-corrected chi connectivity index (χ2v) is 35.7. The van der Waals surface area contributed by atoms with E-state index in [9.17, 15) is 43.2 Å². The molecule has 0 fully saturated rings. The van der Waals surface area contributed by atoms with Crippen LogP contribution in [0.3, 0.4) is 0 Å². The Kier molecular flexibility index (Phi) is 79.8. The number of esters is 4. The highest BCUT2D eigenvalue weighted by atomic mass is 31.2. The van der Waals surface area contributed by atoms with Gasteiger partial charge in [0.05, 0.1) is 26.4 Å². The number of phosphoric ester groups is 2. The van der Waals surface area contributed by atoms with Crippen LogP contribution in [0.5, 0.6) is 0 Å². The third kappa shape index (κ3) is 81.0. The first-order valence-electron chi connectivity index (χ1n) is 46.6. The monoisotopic (exact) mass is 1590 g/mol. The van der Waals surface area contributed by atoms with Crippen molar-refractivity contribution >= 4 is 39.5 Å². The molecule has 0 aliphatic heterocycles. The lowest BCUT2D eigenvalue weighted by atomic mass is 9.99. The lowest BCUT2D eigenvalue weighted by molar-refractivity contribution is -0.161. The molecular weight excluding hydrogens is 1410 g/mol. The van der Waals surface area contributed by atoms with Crippen LogP contribution < -0.4 is 0 Å². The molecule has 7 atom stereocenters. The molecular formula is C90H176O17P2. The molecule has 19 heteroatoms. The lowest BCUT2D eigenvalue weighted by Gasteiger charge is -2.21. The quantitative estimate of drug-likeness (QED) is 0.0222. The number of unbranched alkanes of at least 4 members (excludes halogenated alkanes) is 57. The highest BCUT2D eigenvalue weighted by Gasteiger charge is 2.31. The van der Waals surface area contributed by atoms with Crippen molar-refractivity contribution in [3.63, 3.8) is 0 Å². The number of aliphatic hydroxyl groups is 1. The normalized spacial score (nSPS) is 14.2. The molecule has 0 bridgehead atoms. The predicted octanol–water partition coefficient (Wildman–Crippen LogP) is 27.8. The van der Waals surface area contributed by atoms with Gasteiger partial charge in [-0.2, -0.15) is 0 Å². The smallest absolute Gasteiger partial charge is 0.462 e. The minimum atomic E-state index is -4.97. The Labute approximate surface area is 670 Å². The van der Waals surface area contributed by atoms with Crippen LogP contribution in [0.4, 0.5) is 0 Å². The van der Waals surface area contributed by atoms with E-state index in [1.807, 2.05) is 0 Å². The summed E-state index contributed by atoms with van der Waals surface area (Å²) in [6.07, 6.45) is 75.0. The van der Waals surface area contributed by atoms with Crippen LogP contribution in [0.2, 0.25) is 0 Å².